The van der Waals surface area contributed by atoms with E-state index in [1.54, 1.807) is 36.4 Å². The first-order valence-corrected chi connectivity index (χ1v) is 7.54. The molecule has 0 atom stereocenters. The Hall–Kier alpha value is -3.41. The van der Waals surface area contributed by atoms with E-state index in [0.29, 0.717) is 17.2 Å². The molecule has 126 valence electrons. The number of anilines is 1. The molecule has 1 heterocycles. The molecule has 0 aliphatic carbocycles. The highest BCUT2D eigenvalue weighted by Gasteiger charge is 2.13. The van der Waals surface area contributed by atoms with Crippen LogP contribution in [0.15, 0.2) is 71.5 Å². The topological polar surface area (TPSA) is 60.3 Å². The van der Waals surface area contributed by atoms with E-state index >= 15 is 0 Å². The van der Waals surface area contributed by atoms with E-state index in [1.165, 1.54) is 41.9 Å². The molecule has 3 rings (SSSR count). The summed E-state index contributed by atoms with van der Waals surface area (Å²) in [5, 5.41) is 2.71. The largest absolute Gasteiger partial charge is 0.455 e. The molecule has 1 amide bonds. The van der Waals surface area contributed by atoms with Gasteiger partial charge in [-0.15, -0.1) is 0 Å². The van der Waals surface area contributed by atoms with Crippen LogP contribution in [0.3, 0.4) is 0 Å². The second-order valence-electron chi connectivity index (χ2n) is 5.32. The lowest BCUT2D eigenvalue weighted by molar-refractivity contribution is 0.101. The Labute approximate surface area is 143 Å². The van der Waals surface area contributed by atoms with Gasteiger partial charge in [-0.1, -0.05) is 24.3 Å². The molecule has 0 aliphatic heterocycles. The van der Waals surface area contributed by atoms with Crippen LogP contribution < -0.4 is 15.6 Å². The summed E-state index contributed by atoms with van der Waals surface area (Å²) in [5.41, 5.74) is 0.345. The second kappa shape index (κ2) is 7.00. The van der Waals surface area contributed by atoms with E-state index in [4.69, 9.17) is 4.74 Å². The lowest BCUT2D eigenvalue weighted by Crippen LogP contribution is -2.25. The number of benzene rings is 2. The van der Waals surface area contributed by atoms with Crippen LogP contribution in [0.2, 0.25) is 0 Å². The van der Waals surface area contributed by atoms with Gasteiger partial charge in [0.2, 0.25) is 0 Å². The van der Waals surface area contributed by atoms with Crippen LogP contribution in [0.4, 0.5) is 10.1 Å². The summed E-state index contributed by atoms with van der Waals surface area (Å²) in [7, 11) is 1.52. The number of hydrogen-bond donors (Lipinski definition) is 1. The van der Waals surface area contributed by atoms with Crippen molar-refractivity contribution in [2.45, 2.75) is 0 Å². The summed E-state index contributed by atoms with van der Waals surface area (Å²) < 4.78 is 20.2. The van der Waals surface area contributed by atoms with Gasteiger partial charge in [0.25, 0.3) is 11.5 Å². The van der Waals surface area contributed by atoms with Gasteiger partial charge in [-0.25, -0.2) is 4.39 Å². The molecule has 0 saturated carbocycles. The lowest BCUT2D eigenvalue weighted by Gasteiger charge is -2.13. The van der Waals surface area contributed by atoms with Crippen molar-refractivity contribution in [1.29, 1.82) is 0 Å². The highest BCUT2D eigenvalue weighted by Crippen LogP contribution is 2.29. The van der Waals surface area contributed by atoms with Gasteiger partial charge in [-0.05, 0) is 30.3 Å². The zero-order valence-electron chi connectivity index (χ0n) is 13.4. The maximum absolute atomic E-state index is 13.3. The van der Waals surface area contributed by atoms with Crippen LogP contribution in [0, 0.1) is 5.82 Å². The highest BCUT2D eigenvalue weighted by molar-refractivity contribution is 6.03. The van der Waals surface area contributed by atoms with Crippen molar-refractivity contribution in [3.05, 3.63) is 88.6 Å². The smallest absolute Gasteiger partial charge is 0.272 e. The van der Waals surface area contributed by atoms with E-state index in [-0.39, 0.29) is 11.3 Å². The summed E-state index contributed by atoms with van der Waals surface area (Å²) in [5.74, 6) is -0.190. The molecule has 1 aromatic heterocycles. The van der Waals surface area contributed by atoms with E-state index < -0.39 is 11.7 Å². The molecular formula is C19H15FN2O3. The summed E-state index contributed by atoms with van der Waals surface area (Å²) in [6, 6.07) is 16.9. The van der Waals surface area contributed by atoms with Crippen LogP contribution in [-0.4, -0.2) is 10.5 Å². The summed E-state index contributed by atoms with van der Waals surface area (Å²) in [6.07, 6.45) is 0. The molecule has 6 heteroatoms. The summed E-state index contributed by atoms with van der Waals surface area (Å²) in [6.45, 7) is 0. The zero-order valence-corrected chi connectivity index (χ0v) is 13.4. The maximum atomic E-state index is 13.3. The van der Waals surface area contributed by atoms with Crippen LogP contribution in [-0.2, 0) is 7.05 Å². The molecule has 0 bridgehead atoms. The minimum absolute atomic E-state index is 0.216. The Morgan fingerprint density at radius 1 is 1.04 bits per heavy atom. The fourth-order valence-corrected chi connectivity index (χ4v) is 2.29. The summed E-state index contributed by atoms with van der Waals surface area (Å²) in [4.78, 5) is 24.1. The highest BCUT2D eigenvalue weighted by atomic mass is 19.1. The van der Waals surface area contributed by atoms with Gasteiger partial charge in [0.1, 0.15) is 17.3 Å². The first kappa shape index (κ1) is 16.4. The number of hydrogen-bond acceptors (Lipinski definition) is 3. The first-order valence-electron chi connectivity index (χ1n) is 7.54. The van der Waals surface area contributed by atoms with E-state index in [1.807, 2.05) is 0 Å². The number of halogens is 1. The molecule has 2 aromatic carbocycles. The Bertz CT molecular complexity index is 982. The van der Waals surface area contributed by atoms with Crippen molar-refractivity contribution in [2.24, 2.45) is 7.05 Å². The molecule has 3 aromatic rings. The third-order valence-electron chi connectivity index (χ3n) is 3.58. The van der Waals surface area contributed by atoms with Gasteiger partial charge in [0.15, 0.2) is 5.75 Å². The van der Waals surface area contributed by atoms with E-state index in [2.05, 4.69) is 5.32 Å². The third kappa shape index (κ3) is 3.74. The van der Waals surface area contributed by atoms with Crippen LogP contribution in [0.1, 0.15) is 10.5 Å². The fraction of sp³-hybridized carbons (Fsp3) is 0.0526. The van der Waals surface area contributed by atoms with Gasteiger partial charge in [0.05, 0.1) is 5.69 Å². The van der Waals surface area contributed by atoms with Crippen molar-refractivity contribution in [3.8, 4) is 11.5 Å². The number of pyridine rings is 1. The van der Waals surface area contributed by atoms with E-state index in [9.17, 15) is 14.0 Å². The first-order chi connectivity index (χ1) is 12.0. The average molecular weight is 338 g/mol. The van der Waals surface area contributed by atoms with Crippen molar-refractivity contribution >= 4 is 11.6 Å². The molecule has 0 saturated heterocycles. The minimum atomic E-state index is -0.449. The van der Waals surface area contributed by atoms with Crippen molar-refractivity contribution in [2.75, 3.05) is 5.32 Å². The van der Waals surface area contributed by atoms with Crippen molar-refractivity contribution in [1.82, 2.24) is 4.57 Å². The number of rotatable bonds is 4. The zero-order chi connectivity index (χ0) is 17.8. The Morgan fingerprint density at radius 3 is 2.60 bits per heavy atom. The number of amides is 1. The SMILES string of the molecule is Cn1c(C(=O)Nc2ccccc2Oc2cccc(F)c2)cccc1=O. The molecule has 0 fully saturated rings. The second-order valence-corrected chi connectivity index (χ2v) is 5.32. The quantitative estimate of drug-likeness (QED) is 0.791. The number of nitrogens with zero attached hydrogens (tertiary/aromatic N) is 1. The maximum Gasteiger partial charge on any atom is 0.272 e. The predicted octanol–water partition coefficient (Wildman–Crippen LogP) is 3.57. The Morgan fingerprint density at radius 2 is 1.80 bits per heavy atom. The van der Waals surface area contributed by atoms with Gasteiger partial charge in [0, 0.05) is 19.2 Å². The number of carbonyl (C=O) groups excluding carboxylic acids is 1. The molecule has 5 nitrogen and oxygen atoms in total. The van der Waals surface area contributed by atoms with E-state index in [0.717, 1.165) is 0 Å². The molecule has 0 spiro atoms. The Kier molecular flexibility index (Phi) is 4.61. The standard InChI is InChI=1S/C19H15FN2O3/c1-22-16(9-5-11-18(22)23)19(24)21-15-8-2-3-10-17(15)25-14-7-4-6-13(20)12-14/h2-12H,1H3,(H,21,24). The molecule has 1 N–H and O–H groups in total. The molecule has 0 aliphatic rings. The molecule has 25 heavy (non-hydrogen) atoms. The van der Waals surface area contributed by atoms with Gasteiger partial charge >= 0.3 is 0 Å². The van der Waals surface area contributed by atoms with Gasteiger partial charge < -0.3 is 14.6 Å². The molecular weight excluding hydrogens is 323 g/mol. The van der Waals surface area contributed by atoms with Crippen LogP contribution in [0.25, 0.3) is 0 Å². The molecule has 0 radical (unpaired) electrons. The number of nitrogens with one attached hydrogen (secondary N) is 1. The monoisotopic (exact) mass is 338 g/mol. The predicted molar refractivity (Wildman–Crippen MR) is 92.6 cm³/mol. The van der Waals surface area contributed by atoms with Crippen molar-refractivity contribution in [3.63, 3.8) is 0 Å². The van der Waals surface area contributed by atoms with Gasteiger partial charge in [-0.3, -0.25) is 9.59 Å². The average Bonchev–Trinajstić information content (AvgIpc) is 2.59. The van der Waals surface area contributed by atoms with Crippen LogP contribution >= 0.6 is 0 Å². The van der Waals surface area contributed by atoms with Crippen molar-refractivity contribution < 1.29 is 13.9 Å². The number of para-hydroxylation sites is 2. The fourth-order valence-electron chi connectivity index (χ4n) is 2.29. The van der Waals surface area contributed by atoms with Crippen LogP contribution in [0.5, 0.6) is 11.5 Å². The number of carbonyl (C=O) groups is 1. The number of ether oxygens (including phenoxy) is 1. The lowest BCUT2D eigenvalue weighted by atomic mass is 10.2. The summed E-state index contributed by atoms with van der Waals surface area (Å²) >= 11 is 0. The third-order valence-corrected chi connectivity index (χ3v) is 3.58. The normalized spacial score (nSPS) is 10.3. The number of aromatic nitrogens is 1. The Balaban J connectivity index is 1.87. The van der Waals surface area contributed by atoms with Gasteiger partial charge in [-0.2, -0.15) is 0 Å². The minimum Gasteiger partial charge on any atom is -0.455 e. The molecule has 0 unspecified atom stereocenters.